The lowest BCUT2D eigenvalue weighted by atomic mass is 9.87. The third kappa shape index (κ3) is 3.34. The number of halogens is 5. The zero-order valence-electron chi connectivity index (χ0n) is 10.0. The van der Waals surface area contributed by atoms with Crippen molar-refractivity contribution in [3.8, 4) is 0 Å². The Labute approximate surface area is 97.6 Å². The van der Waals surface area contributed by atoms with Gasteiger partial charge in [-0.3, -0.25) is 0 Å². The van der Waals surface area contributed by atoms with Gasteiger partial charge in [-0.2, -0.15) is 0 Å². The van der Waals surface area contributed by atoms with Gasteiger partial charge in [0.1, 0.15) is 4.90 Å². The van der Waals surface area contributed by atoms with Gasteiger partial charge in [-0.1, -0.05) is 52.3 Å². The van der Waals surface area contributed by atoms with Crippen molar-refractivity contribution in [1.29, 1.82) is 0 Å². The zero-order chi connectivity index (χ0) is 13.8. The molecule has 0 radical (unpaired) electrons. The molecule has 0 aliphatic carbocycles. The Balaban J connectivity index is 3.58. The second-order valence-electron chi connectivity index (χ2n) is 5.20. The molecule has 0 aliphatic rings. The summed E-state index contributed by atoms with van der Waals surface area (Å²) in [5, 5.41) is 0. The van der Waals surface area contributed by atoms with Gasteiger partial charge < -0.3 is 0 Å². The van der Waals surface area contributed by atoms with Crippen LogP contribution in [0.5, 0.6) is 0 Å². The van der Waals surface area contributed by atoms with Gasteiger partial charge in [-0.05, 0) is 29.5 Å². The van der Waals surface area contributed by atoms with Crippen LogP contribution in [-0.2, 0) is 5.41 Å². The highest BCUT2D eigenvalue weighted by atomic mass is 32.5. The van der Waals surface area contributed by atoms with Crippen LogP contribution in [0, 0.1) is 6.92 Å². The first-order valence-electron chi connectivity index (χ1n) is 4.96. The third-order valence-corrected chi connectivity index (χ3v) is 3.74. The van der Waals surface area contributed by atoms with Crippen LogP contribution in [0.4, 0.5) is 19.4 Å². The van der Waals surface area contributed by atoms with Crippen molar-refractivity contribution < 1.29 is 19.4 Å². The smallest absolute Gasteiger partial charge is 0.0936 e. The Bertz CT molecular complexity index is 452. The molecule has 1 rings (SSSR count). The topological polar surface area (TPSA) is 0 Å². The molecule has 0 unspecified atom stereocenters. The average Bonchev–Trinajstić information content (AvgIpc) is 1.97. The van der Waals surface area contributed by atoms with Crippen LogP contribution in [0.2, 0.25) is 0 Å². The van der Waals surface area contributed by atoms with E-state index in [0.717, 1.165) is 13.0 Å². The fourth-order valence-electron chi connectivity index (χ4n) is 1.48. The molecule has 0 aromatic heterocycles. The Morgan fingerprint density at radius 2 is 1.41 bits per heavy atom. The molecule has 0 spiro atoms. The maximum atomic E-state index is 12.8. The number of benzene rings is 1. The quantitative estimate of drug-likeness (QED) is 0.555. The van der Waals surface area contributed by atoms with Crippen molar-refractivity contribution in [2.75, 3.05) is 0 Å². The summed E-state index contributed by atoms with van der Waals surface area (Å²) in [6.45, 7) is 6.06. The van der Waals surface area contributed by atoms with E-state index in [0.29, 0.717) is 6.07 Å². The maximum absolute atomic E-state index is 12.8. The molecular weight excluding hydrogens is 259 g/mol. The molecular formula is C11H15F5S. The molecule has 0 atom stereocenters. The summed E-state index contributed by atoms with van der Waals surface area (Å²) in [5.41, 5.74) is -0.811. The molecule has 6 heteroatoms. The van der Waals surface area contributed by atoms with E-state index in [1.807, 2.05) is 0 Å². The largest absolute Gasteiger partial charge is 0.310 e. The highest BCUT2D eigenvalue weighted by Crippen LogP contribution is 3.02. The van der Waals surface area contributed by atoms with E-state index in [9.17, 15) is 19.4 Å². The first kappa shape index (κ1) is 14.3. The molecule has 1 aromatic carbocycles. The van der Waals surface area contributed by atoms with E-state index < -0.39 is 26.1 Å². The van der Waals surface area contributed by atoms with Crippen molar-refractivity contribution in [2.45, 2.75) is 38.0 Å². The molecule has 0 bridgehead atoms. The van der Waals surface area contributed by atoms with Crippen LogP contribution < -0.4 is 0 Å². The number of hydrogen-bond acceptors (Lipinski definition) is 0. The molecule has 0 nitrogen and oxygen atoms in total. The van der Waals surface area contributed by atoms with E-state index in [2.05, 4.69) is 0 Å². The summed E-state index contributed by atoms with van der Waals surface area (Å²) in [4.78, 5) is -1.78. The summed E-state index contributed by atoms with van der Waals surface area (Å²) in [7, 11) is -9.60. The van der Waals surface area contributed by atoms with Crippen LogP contribution in [0.1, 0.15) is 31.9 Å². The van der Waals surface area contributed by atoms with Gasteiger partial charge in [0, 0.05) is 0 Å². The van der Waals surface area contributed by atoms with Gasteiger partial charge in [0.15, 0.2) is 0 Å². The lowest BCUT2D eigenvalue weighted by Crippen LogP contribution is -2.14. The average molecular weight is 274 g/mol. The fourth-order valence-corrected chi connectivity index (χ4v) is 2.51. The maximum Gasteiger partial charge on any atom is 0.310 e. The second-order valence-corrected chi connectivity index (χ2v) is 7.58. The number of aryl methyl sites for hydroxylation is 1. The Kier molecular flexibility index (Phi) is 2.49. The van der Waals surface area contributed by atoms with Crippen LogP contribution >= 0.6 is 10.2 Å². The van der Waals surface area contributed by atoms with Crippen molar-refractivity contribution in [1.82, 2.24) is 0 Å². The van der Waals surface area contributed by atoms with Crippen LogP contribution in [0.3, 0.4) is 0 Å². The van der Waals surface area contributed by atoms with E-state index in [4.69, 9.17) is 0 Å². The normalized spacial score (nSPS) is 17.5. The lowest BCUT2D eigenvalue weighted by Gasteiger charge is -2.42. The fraction of sp³-hybridized carbons (Fsp3) is 0.455. The minimum atomic E-state index is -9.60. The van der Waals surface area contributed by atoms with Crippen LogP contribution in [0.15, 0.2) is 23.1 Å². The van der Waals surface area contributed by atoms with Crippen LogP contribution in [0.25, 0.3) is 0 Å². The van der Waals surface area contributed by atoms with E-state index in [-0.39, 0.29) is 5.56 Å². The predicted octanol–water partition coefficient (Wildman–Crippen LogP) is 5.95. The van der Waals surface area contributed by atoms with E-state index in [1.54, 1.807) is 20.8 Å². The van der Waals surface area contributed by atoms with E-state index in [1.165, 1.54) is 6.07 Å². The molecule has 0 aliphatic heterocycles. The Morgan fingerprint density at radius 3 is 1.76 bits per heavy atom. The zero-order valence-corrected chi connectivity index (χ0v) is 10.8. The van der Waals surface area contributed by atoms with Crippen molar-refractivity contribution >= 4 is 10.2 Å². The molecule has 17 heavy (non-hydrogen) atoms. The minimum Gasteiger partial charge on any atom is -0.0936 e. The van der Waals surface area contributed by atoms with Crippen molar-refractivity contribution in [3.63, 3.8) is 0 Å². The van der Waals surface area contributed by atoms with Crippen LogP contribution in [-0.4, -0.2) is 0 Å². The first-order chi connectivity index (χ1) is 7.11. The Hall–Kier alpha value is -0.780. The molecule has 100 valence electrons. The number of hydrogen-bond donors (Lipinski definition) is 0. The standard InChI is InChI=1S/C11H15F5S/c1-8-5-6-9(11(2,3)4)7-10(8)17(12,13,14,15)16/h5-7H,1-4H3. The molecule has 0 N–H and O–H groups in total. The van der Waals surface area contributed by atoms with Gasteiger partial charge in [0.25, 0.3) is 0 Å². The summed E-state index contributed by atoms with van der Waals surface area (Å²) in [6.07, 6.45) is 0. The van der Waals surface area contributed by atoms with Gasteiger partial charge in [-0.15, -0.1) is 0 Å². The summed E-state index contributed by atoms with van der Waals surface area (Å²) in [6, 6.07) is 3.10. The number of rotatable bonds is 1. The molecule has 0 saturated carbocycles. The molecule has 1 aromatic rings. The van der Waals surface area contributed by atoms with Gasteiger partial charge in [0.2, 0.25) is 0 Å². The highest BCUT2D eigenvalue weighted by Gasteiger charge is 2.66. The SMILES string of the molecule is Cc1ccc(C(C)(C)C)cc1S(F)(F)(F)(F)F. The molecule has 0 saturated heterocycles. The molecule has 0 amide bonds. The Morgan fingerprint density at radius 1 is 0.941 bits per heavy atom. The van der Waals surface area contributed by atoms with Gasteiger partial charge in [-0.25, -0.2) is 0 Å². The first-order valence-corrected chi connectivity index (χ1v) is 6.91. The summed E-state index contributed by atoms with van der Waals surface area (Å²) in [5.74, 6) is 0. The predicted molar refractivity (Wildman–Crippen MR) is 61.3 cm³/mol. The van der Waals surface area contributed by atoms with Crippen molar-refractivity contribution in [3.05, 3.63) is 29.3 Å². The van der Waals surface area contributed by atoms with E-state index >= 15 is 0 Å². The van der Waals surface area contributed by atoms with Gasteiger partial charge >= 0.3 is 10.2 Å². The second kappa shape index (κ2) is 2.96. The summed E-state index contributed by atoms with van der Waals surface area (Å²) < 4.78 is 63.9. The molecule has 0 fully saturated rings. The monoisotopic (exact) mass is 274 g/mol. The molecule has 0 heterocycles. The van der Waals surface area contributed by atoms with Gasteiger partial charge in [0.05, 0.1) is 0 Å². The third-order valence-electron chi connectivity index (χ3n) is 2.47. The highest BCUT2D eigenvalue weighted by molar-refractivity contribution is 8.45. The minimum absolute atomic E-state index is 0.242. The van der Waals surface area contributed by atoms with Crippen molar-refractivity contribution in [2.24, 2.45) is 0 Å². The lowest BCUT2D eigenvalue weighted by molar-refractivity contribution is 0.362. The summed E-state index contributed by atoms with van der Waals surface area (Å²) >= 11 is 0.